The lowest BCUT2D eigenvalue weighted by Gasteiger charge is -2.11. The molecule has 2 heterocycles. The second-order valence-corrected chi connectivity index (χ2v) is 6.86. The zero-order chi connectivity index (χ0) is 22.8. The van der Waals surface area contributed by atoms with Crippen LogP contribution < -0.4 is 21.1 Å². The Kier molecular flexibility index (Phi) is 5.29. The fourth-order valence-corrected chi connectivity index (χ4v) is 3.24. The van der Waals surface area contributed by atoms with E-state index in [0.717, 1.165) is 16.8 Å². The molecule has 0 atom stereocenters. The van der Waals surface area contributed by atoms with Gasteiger partial charge in [-0.2, -0.15) is 0 Å². The number of amides is 2. The lowest BCUT2D eigenvalue weighted by Crippen LogP contribution is -2.19. The third-order valence-electron chi connectivity index (χ3n) is 4.70. The normalized spacial score (nSPS) is 10.7. The quantitative estimate of drug-likeness (QED) is 0.309. The molecule has 0 aliphatic carbocycles. The number of nitrogens with two attached hydrogens (primary N) is 1. The number of hydrogen-bond donors (Lipinski definition) is 3. The number of pyridine rings is 1. The highest BCUT2D eigenvalue weighted by Crippen LogP contribution is 2.33. The van der Waals surface area contributed by atoms with Crippen LogP contribution in [0, 0.1) is 17.0 Å². The number of non-ortho nitro benzene ring substituents is 1. The average Bonchev–Trinajstić information content (AvgIpc) is 3.14. The van der Waals surface area contributed by atoms with E-state index >= 15 is 0 Å². The van der Waals surface area contributed by atoms with E-state index in [1.807, 2.05) is 25.1 Å². The number of nitrogens with zero attached hydrogens (tertiary/aromatic N) is 3. The van der Waals surface area contributed by atoms with E-state index in [9.17, 15) is 14.9 Å². The van der Waals surface area contributed by atoms with Crippen LogP contribution in [-0.4, -0.2) is 28.2 Å². The SMILES string of the molecule is COc1cc([N+](=O)[O-])ccc1NC(=O)Nc1ccc(-c2cc(C)nc3onc(N)c23)cc1. The lowest BCUT2D eigenvalue weighted by molar-refractivity contribution is -0.384. The van der Waals surface area contributed by atoms with Crippen molar-refractivity contribution in [2.45, 2.75) is 6.92 Å². The summed E-state index contributed by atoms with van der Waals surface area (Å²) in [5.41, 5.74) is 9.39. The van der Waals surface area contributed by atoms with Crippen molar-refractivity contribution in [1.82, 2.24) is 10.1 Å². The van der Waals surface area contributed by atoms with Gasteiger partial charge in [0.05, 0.1) is 29.2 Å². The Morgan fingerprint density at radius 3 is 2.59 bits per heavy atom. The number of benzene rings is 2. The van der Waals surface area contributed by atoms with Crippen LogP contribution in [0.1, 0.15) is 5.69 Å². The first-order valence-electron chi connectivity index (χ1n) is 9.39. The number of aromatic nitrogens is 2. The number of hydrogen-bond acceptors (Lipinski definition) is 8. The predicted octanol–water partition coefficient (Wildman–Crippen LogP) is 4.34. The van der Waals surface area contributed by atoms with E-state index in [-0.39, 0.29) is 17.3 Å². The third kappa shape index (κ3) is 3.99. The smallest absolute Gasteiger partial charge is 0.323 e. The number of nitro groups is 1. The highest BCUT2D eigenvalue weighted by Gasteiger charge is 2.16. The average molecular weight is 434 g/mol. The van der Waals surface area contributed by atoms with Crippen LogP contribution in [0.15, 0.2) is 53.1 Å². The largest absolute Gasteiger partial charge is 0.494 e. The second-order valence-electron chi connectivity index (χ2n) is 6.86. The molecule has 4 rings (SSSR count). The van der Waals surface area contributed by atoms with Gasteiger partial charge in [-0.25, -0.2) is 9.78 Å². The monoisotopic (exact) mass is 434 g/mol. The molecule has 0 fully saturated rings. The van der Waals surface area contributed by atoms with Crippen molar-refractivity contribution >= 4 is 40.0 Å². The number of methoxy groups -OCH3 is 1. The van der Waals surface area contributed by atoms with Gasteiger partial charge in [-0.1, -0.05) is 17.3 Å². The molecular formula is C21H18N6O5. The lowest BCUT2D eigenvalue weighted by atomic mass is 10.0. The number of rotatable bonds is 5. The first kappa shape index (κ1) is 20.6. The molecule has 0 aliphatic rings. The van der Waals surface area contributed by atoms with Gasteiger partial charge in [0, 0.05) is 23.0 Å². The van der Waals surface area contributed by atoms with Gasteiger partial charge >= 0.3 is 6.03 Å². The van der Waals surface area contributed by atoms with Gasteiger partial charge in [-0.05, 0) is 36.8 Å². The zero-order valence-corrected chi connectivity index (χ0v) is 17.1. The van der Waals surface area contributed by atoms with E-state index < -0.39 is 11.0 Å². The molecule has 0 unspecified atom stereocenters. The van der Waals surface area contributed by atoms with Crippen LogP contribution in [-0.2, 0) is 0 Å². The predicted molar refractivity (Wildman–Crippen MR) is 119 cm³/mol. The molecule has 2 aromatic heterocycles. The fraction of sp³-hybridized carbons (Fsp3) is 0.0952. The first-order valence-corrected chi connectivity index (χ1v) is 9.39. The van der Waals surface area contributed by atoms with Crippen LogP contribution in [0.2, 0.25) is 0 Å². The number of urea groups is 1. The van der Waals surface area contributed by atoms with Crippen LogP contribution in [0.25, 0.3) is 22.2 Å². The van der Waals surface area contributed by atoms with Crippen molar-refractivity contribution in [3.05, 3.63) is 64.3 Å². The molecular weight excluding hydrogens is 416 g/mol. The van der Waals surface area contributed by atoms with E-state index in [0.29, 0.717) is 22.5 Å². The van der Waals surface area contributed by atoms with Gasteiger partial charge in [0.25, 0.3) is 11.4 Å². The number of nitrogens with one attached hydrogen (secondary N) is 2. The Bertz CT molecular complexity index is 1330. The standard InChI is InChI=1S/C21H18N6O5/c1-11-9-15(18-19(22)26-32-20(18)23-11)12-3-5-13(6-4-12)24-21(28)25-16-8-7-14(27(29)30)10-17(16)31-2/h3-10H,1-2H3,(H2,22,26)(H2,24,25,28). The topological polar surface area (TPSA) is 158 Å². The summed E-state index contributed by atoms with van der Waals surface area (Å²) in [4.78, 5) is 27.0. The minimum Gasteiger partial charge on any atom is -0.494 e. The molecule has 11 nitrogen and oxygen atoms in total. The fourth-order valence-electron chi connectivity index (χ4n) is 3.24. The van der Waals surface area contributed by atoms with Gasteiger partial charge in [0.2, 0.25) is 0 Å². The molecule has 32 heavy (non-hydrogen) atoms. The van der Waals surface area contributed by atoms with Gasteiger partial charge in [-0.15, -0.1) is 0 Å². The maximum absolute atomic E-state index is 12.4. The highest BCUT2D eigenvalue weighted by atomic mass is 16.6. The van der Waals surface area contributed by atoms with E-state index in [1.54, 1.807) is 12.1 Å². The minimum absolute atomic E-state index is 0.141. The van der Waals surface area contributed by atoms with Crippen molar-refractivity contribution in [3.8, 4) is 16.9 Å². The molecule has 162 valence electrons. The Balaban J connectivity index is 1.52. The summed E-state index contributed by atoms with van der Waals surface area (Å²) in [6.45, 7) is 1.84. The highest BCUT2D eigenvalue weighted by molar-refractivity contribution is 6.02. The molecule has 0 aliphatic heterocycles. The summed E-state index contributed by atoms with van der Waals surface area (Å²) in [6.07, 6.45) is 0. The molecule has 2 aromatic carbocycles. The molecule has 11 heteroatoms. The van der Waals surface area contributed by atoms with Crippen molar-refractivity contribution in [2.24, 2.45) is 0 Å². The van der Waals surface area contributed by atoms with Crippen molar-refractivity contribution in [1.29, 1.82) is 0 Å². The number of ether oxygens (including phenoxy) is 1. The summed E-state index contributed by atoms with van der Waals surface area (Å²) < 4.78 is 10.3. The van der Waals surface area contributed by atoms with Crippen molar-refractivity contribution in [2.75, 3.05) is 23.5 Å². The summed E-state index contributed by atoms with van der Waals surface area (Å²) in [6, 6.07) is 12.4. The summed E-state index contributed by atoms with van der Waals surface area (Å²) in [5.74, 6) is 0.425. The minimum atomic E-state index is -0.542. The second kappa shape index (κ2) is 8.22. The van der Waals surface area contributed by atoms with Crippen LogP contribution in [0.4, 0.5) is 27.7 Å². The van der Waals surface area contributed by atoms with E-state index in [4.69, 9.17) is 15.0 Å². The molecule has 0 radical (unpaired) electrons. The number of anilines is 3. The number of nitro benzene ring substituents is 1. The van der Waals surface area contributed by atoms with Crippen molar-refractivity contribution in [3.63, 3.8) is 0 Å². The van der Waals surface area contributed by atoms with E-state index in [1.165, 1.54) is 25.3 Å². The van der Waals surface area contributed by atoms with Gasteiger partial charge in [-0.3, -0.25) is 10.1 Å². The Labute approximate surface area is 181 Å². The third-order valence-corrected chi connectivity index (χ3v) is 4.70. The van der Waals surface area contributed by atoms with E-state index in [2.05, 4.69) is 20.8 Å². The maximum Gasteiger partial charge on any atom is 0.323 e. The molecule has 0 spiro atoms. The van der Waals surface area contributed by atoms with Gasteiger partial charge < -0.3 is 25.6 Å². The Morgan fingerprint density at radius 2 is 1.91 bits per heavy atom. The van der Waals surface area contributed by atoms with Crippen LogP contribution in [0.5, 0.6) is 5.75 Å². The summed E-state index contributed by atoms with van der Waals surface area (Å²) in [5, 5.41) is 20.6. The number of fused-ring (bicyclic) bond motifs is 1. The van der Waals surface area contributed by atoms with Crippen LogP contribution >= 0.6 is 0 Å². The number of nitrogen functional groups attached to an aromatic ring is 1. The summed E-state index contributed by atoms with van der Waals surface area (Å²) in [7, 11) is 1.36. The van der Waals surface area contributed by atoms with Crippen LogP contribution in [0.3, 0.4) is 0 Å². The molecule has 4 N–H and O–H groups in total. The number of carbonyl (C=O) groups excluding carboxylic acids is 1. The number of aryl methyl sites for hydroxylation is 1. The van der Waals surface area contributed by atoms with Crippen molar-refractivity contribution < 1.29 is 19.0 Å². The van der Waals surface area contributed by atoms with Gasteiger partial charge in [0.15, 0.2) is 5.82 Å². The molecule has 0 saturated carbocycles. The summed E-state index contributed by atoms with van der Waals surface area (Å²) >= 11 is 0. The molecule has 4 aromatic rings. The Morgan fingerprint density at radius 1 is 1.16 bits per heavy atom. The maximum atomic E-state index is 12.4. The molecule has 2 amide bonds. The van der Waals surface area contributed by atoms with Gasteiger partial charge in [0.1, 0.15) is 5.75 Å². The Hall–Kier alpha value is -4.67. The molecule has 0 saturated heterocycles. The first-order chi connectivity index (χ1) is 15.4. The molecule has 0 bridgehead atoms. The zero-order valence-electron chi connectivity index (χ0n) is 17.1. The number of carbonyl (C=O) groups is 1.